The van der Waals surface area contributed by atoms with Gasteiger partial charge in [-0.2, -0.15) is 10.4 Å². The average Bonchev–Trinajstić information content (AvgIpc) is 3.44. The van der Waals surface area contributed by atoms with Crippen LogP contribution in [0.25, 0.3) is 11.0 Å². The molecule has 6 heteroatoms. The van der Waals surface area contributed by atoms with Crippen molar-refractivity contribution >= 4 is 22.6 Å². The van der Waals surface area contributed by atoms with E-state index in [1.54, 1.807) is 24.3 Å². The summed E-state index contributed by atoms with van der Waals surface area (Å²) in [5.41, 5.74) is 4.10. The van der Waals surface area contributed by atoms with Gasteiger partial charge in [-0.1, -0.05) is 0 Å². The highest BCUT2D eigenvalue weighted by Gasteiger charge is 2.30. The second-order valence-corrected chi connectivity index (χ2v) is 8.38. The summed E-state index contributed by atoms with van der Waals surface area (Å²) in [5, 5.41) is 17.4. The van der Waals surface area contributed by atoms with E-state index in [4.69, 9.17) is 15.3 Å². The van der Waals surface area contributed by atoms with Crippen LogP contribution >= 0.6 is 0 Å². The van der Waals surface area contributed by atoms with Gasteiger partial charge in [-0.3, -0.25) is 4.79 Å². The van der Waals surface area contributed by atoms with Crippen LogP contribution in [0.1, 0.15) is 66.8 Å². The minimum absolute atomic E-state index is 0.185. The Kier molecular flexibility index (Phi) is 4.19. The van der Waals surface area contributed by atoms with Gasteiger partial charge in [0.15, 0.2) is 5.65 Å². The van der Waals surface area contributed by atoms with Crippen LogP contribution in [0.5, 0.6) is 0 Å². The predicted octanol–water partition coefficient (Wildman–Crippen LogP) is 4.50. The molecule has 1 aliphatic rings. The van der Waals surface area contributed by atoms with Crippen LogP contribution in [0.2, 0.25) is 0 Å². The summed E-state index contributed by atoms with van der Waals surface area (Å²) in [6, 6.07) is 10.9. The van der Waals surface area contributed by atoms with Gasteiger partial charge in [0, 0.05) is 17.3 Å². The van der Waals surface area contributed by atoms with E-state index in [0.29, 0.717) is 22.7 Å². The number of aryl methyl sites for hydroxylation is 1. The quantitative estimate of drug-likeness (QED) is 0.733. The Morgan fingerprint density at radius 3 is 2.50 bits per heavy atom. The molecule has 1 fully saturated rings. The summed E-state index contributed by atoms with van der Waals surface area (Å²) in [6.45, 7) is 8.17. The van der Waals surface area contributed by atoms with Crippen LogP contribution in [0, 0.1) is 18.3 Å². The summed E-state index contributed by atoms with van der Waals surface area (Å²) in [4.78, 5) is 18.0. The van der Waals surface area contributed by atoms with E-state index < -0.39 is 0 Å². The molecule has 0 radical (unpaired) electrons. The normalized spacial score (nSPS) is 14.1. The number of pyridine rings is 1. The van der Waals surface area contributed by atoms with E-state index in [9.17, 15) is 4.79 Å². The van der Waals surface area contributed by atoms with E-state index >= 15 is 0 Å². The maximum Gasteiger partial charge on any atom is 0.256 e. The highest BCUT2D eigenvalue weighted by atomic mass is 16.1. The molecule has 28 heavy (non-hydrogen) atoms. The lowest BCUT2D eigenvalue weighted by Gasteiger charge is -2.20. The zero-order valence-corrected chi connectivity index (χ0v) is 16.6. The standard InChI is InChI=1S/C22H23N5O/c1-13-19-17(21(28)24-16-9-5-14(12-23)6-10-16)11-18(15-7-8-15)25-20(19)27(26-13)22(2,3)4/h5-6,9-11,15H,7-8H2,1-4H3,(H,24,28). The van der Waals surface area contributed by atoms with Gasteiger partial charge in [-0.15, -0.1) is 0 Å². The number of anilines is 1. The fourth-order valence-corrected chi connectivity index (χ4v) is 3.37. The molecular formula is C22H23N5O. The van der Waals surface area contributed by atoms with E-state index in [0.717, 1.165) is 35.3 Å². The molecular weight excluding hydrogens is 350 g/mol. The number of nitrogens with one attached hydrogen (secondary N) is 1. The van der Waals surface area contributed by atoms with Crippen molar-refractivity contribution in [2.24, 2.45) is 0 Å². The van der Waals surface area contributed by atoms with Crippen LogP contribution in [0.4, 0.5) is 5.69 Å². The predicted molar refractivity (Wildman–Crippen MR) is 108 cm³/mol. The van der Waals surface area contributed by atoms with Gasteiger partial charge in [0.25, 0.3) is 5.91 Å². The van der Waals surface area contributed by atoms with E-state index in [1.165, 1.54) is 0 Å². The van der Waals surface area contributed by atoms with Crippen LogP contribution in [0.3, 0.4) is 0 Å². The van der Waals surface area contributed by atoms with Crippen molar-refractivity contribution in [2.75, 3.05) is 5.32 Å². The molecule has 0 atom stereocenters. The smallest absolute Gasteiger partial charge is 0.256 e. The van der Waals surface area contributed by atoms with Crippen molar-refractivity contribution in [3.05, 3.63) is 52.8 Å². The highest BCUT2D eigenvalue weighted by Crippen LogP contribution is 2.41. The summed E-state index contributed by atoms with van der Waals surface area (Å²) >= 11 is 0. The van der Waals surface area contributed by atoms with Crippen LogP contribution in [-0.4, -0.2) is 20.7 Å². The third-order valence-electron chi connectivity index (χ3n) is 4.98. The first-order valence-electron chi connectivity index (χ1n) is 9.50. The van der Waals surface area contributed by atoms with Crippen LogP contribution < -0.4 is 5.32 Å². The maximum atomic E-state index is 13.1. The summed E-state index contributed by atoms with van der Waals surface area (Å²) < 4.78 is 1.92. The minimum atomic E-state index is -0.234. The van der Waals surface area contributed by atoms with Crippen molar-refractivity contribution in [3.63, 3.8) is 0 Å². The monoisotopic (exact) mass is 373 g/mol. The number of benzene rings is 1. The van der Waals surface area contributed by atoms with Crippen molar-refractivity contribution in [1.29, 1.82) is 5.26 Å². The van der Waals surface area contributed by atoms with Crippen molar-refractivity contribution in [2.45, 2.75) is 52.0 Å². The SMILES string of the molecule is Cc1nn(C(C)(C)C)c2nc(C3CC3)cc(C(=O)Nc3ccc(C#N)cc3)c12. The molecule has 0 unspecified atom stereocenters. The zero-order valence-electron chi connectivity index (χ0n) is 16.6. The Morgan fingerprint density at radius 2 is 1.93 bits per heavy atom. The van der Waals surface area contributed by atoms with Crippen LogP contribution in [0.15, 0.2) is 30.3 Å². The zero-order chi connectivity index (χ0) is 20.1. The van der Waals surface area contributed by atoms with Gasteiger partial charge in [0.2, 0.25) is 0 Å². The molecule has 2 heterocycles. The molecule has 0 spiro atoms. The van der Waals surface area contributed by atoms with Crippen molar-refractivity contribution in [3.8, 4) is 6.07 Å². The third-order valence-corrected chi connectivity index (χ3v) is 4.98. The Hall–Kier alpha value is -3.20. The molecule has 4 rings (SSSR count). The number of nitriles is 1. The third kappa shape index (κ3) is 3.24. The van der Waals surface area contributed by atoms with E-state index in [-0.39, 0.29) is 11.4 Å². The molecule has 1 N–H and O–H groups in total. The Balaban J connectivity index is 1.81. The molecule has 1 aromatic carbocycles. The summed E-state index contributed by atoms with van der Waals surface area (Å²) in [7, 11) is 0. The van der Waals surface area contributed by atoms with Crippen LogP contribution in [-0.2, 0) is 5.54 Å². The number of fused-ring (bicyclic) bond motifs is 1. The molecule has 0 saturated heterocycles. The molecule has 3 aromatic rings. The first-order chi connectivity index (χ1) is 13.3. The van der Waals surface area contributed by atoms with Crippen molar-refractivity contribution < 1.29 is 4.79 Å². The number of hydrogen-bond donors (Lipinski definition) is 1. The molecule has 1 amide bonds. The topological polar surface area (TPSA) is 83.6 Å². The van der Waals surface area contributed by atoms with E-state index in [1.807, 2.05) is 17.7 Å². The second-order valence-electron chi connectivity index (χ2n) is 8.38. The fraction of sp³-hybridized carbons (Fsp3) is 0.364. The molecule has 2 aromatic heterocycles. The lowest BCUT2D eigenvalue weighted by Crippen LogP contribution is -2.23. The van der Waals surface area contributed by atoms with Gasteiger partial charge < -0.3 is 5.32 Å². The number of amides is 1. The number of hydrogen-bond acceptors (Lipinski definition) is 4. The first-order valence-corrected chi connectivity index (χ1v) is 9.50. The lowest BCUT2D eigenvalue weighted by atomic mass is 10.1. The summed E-state index contributed by atoms with van der Waals surface area (Å²) in [6.07, 6.45) is 2.22. The molecule has 1 saturated carbocycles. The first kappa shape index (κ1) is 18.2. The number of rotatable bonds is 3. The molecule has 6 nitrogen and oxygen atoms in total. The number of carbonyl (C=O) groups is 1. The lowest BCUT2D eigenvalue weighted by molar-refractivity contribution is 0.102. The van der Waals surface area contributed by atoms with Gasteiger partial charge >= 0.3 is 0 Å². The average molecular weight is 373 g/mol. The Morgan fingerprint density at radius 1 is 1.25 bits per heavy atom. The van der Waals surface area contributed by atoms with E-state index in [2.05, 4.69) is 32.2 Å². The fourth-order valence-electron chi connectivity index (χ4n) is 3.37. The largest absolute Gasteiger partial charge is 0.322 e. The molecule has 142 valence electrons. The Labute approximate surface area is 164 Å². The molecule has 0 aliphatic heterocycles. The molecule has 0 bridgehead atoms. The van der Waals surface area contributed by atoms with Gasteiger partial charge in [-0.25, -0.2) is 9.67 Å². The van der Waals surface area contributed by atoms with Gasteiger partial charge in [-0.05, 0) is 70.9 Å². The van der Waals surface area contributed by atoms with Gasteiger partial charge in [0.05, 0.1) is 33.8 Å². The number of aromatic nitrogens is 3. The van der Waals surface area contributed by atoms with Gasteiger partial charge in [0.1, 0.15) is 0 Å². The highest BCUT2D eigenvalue weighted by molar-refractivity contribution is 6.12. The Bertz CT molecular complexity index is 1110. The minimum Gasteiger partial charge on any atom is -0.322 e. The molecule has 1 aliphatic carbocycles. The number of carbonyl (C=O) groups excluding carboxylic acids is 1. The summed E-state index contributed by atoms with van der Waals surface area (Å²) in [5.74, 6) is 0.241. The second kappa shape index (κ2) is 6.45. The maximum absolute atomic E-state index is 13.1. The number of nitrogens with zero attached hydrogens (tertiary/aromatic N) is 4. The van der Waals surface area contributed by atoms with Crippen molar-refractivity contribution in [1.82, 2.24) is 14.8 Å².